The lowest BCUT2D eigenvalue weighted by Crippen LogP contribution is -2.32. The van der Waals surface area contributed by atoms with Gasteiger partial charge in [-0.05, 0) is 70.7 Å². The number of carbonyl (C=O) groups excluding carboxylic acids is 2. The van der Waals surface area contributed by atoms with E-state index in [9.17, 15) is 14.7 Å². The van der Waals surface area contributed by atoms with Crippen LogP contribution in [0.1, 0.15) is 37.4 Å². The van der Waals surface area contributed by atoms with Gasteiger partial charge in [-0.15, -0.1) is 0 Å². The van der Waals surface area contributed by atoms with Crippen LogP contribution in [-0.2, 0) is 9.59 Å². The molecule has 0 saturated carbocycles. The first-order chi connectivity index (χ1) is 17.1. The van der Waals surface area contributed by atoms with Crippen molar-refractivity contribution in [3.8, 4) is 5.75 Å². The molecule has 194 valence electrons. The number of ether oxygens (including phenoxy) is 1. The topological polar surface area (TPSA) is 73.3 Å². The van der Waals surface area contributed by atoms with Crippen molar-refractivity contribution < 1.29 is 19.4 Å². The van der Waals surface area contributed by atoms with Crippen LogP contribution >= 0.6 is 23.2 Å². The van der Waals surface area contributed by atoms with Gasteiger partial charge < -0.3 is 24.5 Å². The number of nitrogens with zero attached hydrogens (tertiary/aromatic N) is 3. The average Bonchev–Trinajstić information content (AvgIpc) is 3.09. The van der Waals surface area contributed by atoms with Crippen molar-refractivity contribution in [3.63, 3.8) is 0 Å². The highest BCUT2D eigenvalue weighted by molar-refractivity contribution is 6.46. The van der Waals surface area contributed by atoms with Gasteiger partial charge in [-0.25, -0.2) is 0 Å². The van der Waals surface area contributed by atoms with Crippen LogP contribution in [0.2, 0.25) is 10.0 Å². The number of ketones is 1. The van der Waals surface area contributed by atoms with Gasteiger partial charge in [0.1, 0.15) is 11.5 Å². The van der Waals surface area contributed by atoms with Gasteiger partial charge in [0, 0.05) is 30.3 Å². The summed E-state index contributed by atoms with van der Waals surface area (Å²) < 4.78 is 5.39. The maximum atomic E-state index is 13.3. The molecule has 1 saturated heterocycles. The highest BCUT2D eigenvalue weighted by atomic mass is 35.5. The number of rotatable bonds is 10. The number of Topliss-reactive ketones (excluding diaryl/α,β-unsaturated/α-hetero) is 1. The van der Waals surface area contributed by atoms with Gasteiger partial charge in [0.2, 0.25) is 0 Å². The summed E-state index contributed by atoms with van der Waals surface area (Å²) in [6.45, 7) is 6.98. The van der Waals surface area contributed by atoms with E-state index >= 15 is 0 Å². The van der Waals surface area contributed by atoms with Crippen LogP contribution < -0.4 is 9.64 Å². The molecule has 1 atom stereocenters. The number of hydrogen-bond acceptors (Lipinski definition) is 6. The molecule has 1 amide bonds. The Morgan fingerprint density at radius 3 is 2.28 bits per heavy atom. The van der Waals surface area contributed by atoms with Crippen molar-refractivity contribution in [3.05, 3.63) is 63.1 Å². The van der Waals surface area contributed by atoms with E-state index in [2.05, 4.69) is 18.7 Å². The van der Waals surface area contributed by atoms with Crippen LogP contribution in [0.4, 0.5) is 5.69 Å². The number of aliphatic hydroxyl groups is 1. The number of halogens is 2. The largest absolute Gasteiger partial charge is 0.507 e. The van der Waals surface area contributed by atoms with Gasteiger partial charge in [-0.1, -0.05) is 35.3 Å². The van der Waals surface area contributed by atoms with Crippen LogP contribution in [0, 0.1) is 0 Å². The Morgan fingerprint density at radius 2 is 1.72 bits per heavy atom. The third-order valence-corrected chi connectivity index (χ3v) is 6.85. The first-order valence-electron chi connectivity index (χ1n) is 12.0. The maximum absolute atomic E-state index is 13.3. The summed E-state index contributed by atoms with van der Waals surface area (Å²) in [5.74, 6) is -1.61. The minimum atomic E-state index is -0.764. The quantitative estimate of drug-likeness (QED) is 0.256. The van der Waals surface area contributed by atoms with Gasteiger partial charge in [0.25, 0.3) is 11.7 Å². The lowest BCUT2D eigenvalue weighted by atomic mass is 9.94. The fraction of sp³-hybridized carbons (Fsp3) is 0.407. The van der Waals surface area contributed by atoms with Crippen molar-refractivity contribution >= 4 is 46.3 Å². The number of likely N-dealkylation sites (tertiary alicyclic amines) is 1. The molecule has 1 fully saturated rings. The number of carbonyl (C=O) groups is 2. The molecule has 36 heavy (non-hydrogen) atoms. The lowest BCUT2D eigenvalue weighted by molar-refractivity contribution is -0.139. The predicted molar refractivity (Wildman–Crippen MR) is 145 cm³/mol. The lowest BCUT2D eigenvalue weighted by Gasteiger charge is -2.27. The number of methoxy groups -OCH3 is 1. The second-order valence-corrected chi connectivity index (χ2v) is 9.73. The second-order valence-electron chi connectivity index (χ2n) is 8.88. The predicted octanol–water partition coefficient (Wildman–Crippen LogP) is 5.22. The molecule has 1 aliphatic rings. The van der Waals surface area contributed by atoms with Crippen LogP contribution in [0.25, 0.3) is 5.76 Å². The van der Waals surface area contributed by atoms with Crippen molar-refractivity contribution in [2.45, 2.75) is 26.3 Å². The second kappa shape index (κ2) is 12.0. The zero-order valence-corrected chi connectivity index (χ0v) is 22.9. The number of amides is 1. The molecule has 1 heterocycles. The van der Waals surface area contributed by atoms with Crippen LogP contribution in [0.3, 0.4) is 0 Å². The maximum Gasteiger partial charge on any atom is 0.295 e. The zero-order chi connectivity index (χ0) is 26.6. The van der Waals surface area contributed by atoms with Gasteiger partial charge in [-0.3, -0.25) is 9.59 Å². The number of hydrogen-bond donors (Lipinski definition) is 1. The monoisotopic (exact) mass is 533 g/mol. The average molecular weight is 534 g/mol. The molecular weight excluding hydrogens is 501 g/mol. The van der Waals surface area contributed by atoms with E-state index in [1.54, 1.807) is 0 Å². The van der Waals surface area contributed by atoms with Crippen molar-refractivity contribution in [1.29, 1.82) is 0 Å². The Labute approximate surface area is 222 Å². The summed E-state index contributed by atoms with van der Waals surface area (Å²) >= 11 is 12.5. The van der Waals surface area contributed by atoms with Crippen molar-refractivity contribution in [2.75, 3.05) is 52.3 Å². The van der Waals surface area contributed by atoms with E-state index in [4.69, 9.17) is 27.9 Å². The Hall–Kier alpha value is -2.74. The number of anilines is 1. The van der Waals surface area contributed by atoms with Gasteiger partial charge in [0.15, 0.2) is 0 Å². The molecule has 7 nitrogen and oxygen atoms in total. The van der Waals surface area contributed by atoms with E-state index in [1.165, 1.54) is 24.1 Å². The van der Waals surface area contributed by atoms with E-state index in [1.807, 2.05) is 43.3 Å². The van der Waals surface area contributed by atoms with E-state index in [-0.39, 0.29) is 32.7 Å². The molecule has 2 aromatic carbocycles. The molecule has 9 heteroatoms. The Morgan fingerprint density at radius 1 is 1.08 bits per heavy atom. The molecule has 1 aliphatic heterocycles. The first-order valence-corrected chi connectivity index (χ1v) is 12.7. The summed E-state index contributed by atoms with van der Waals surface area (Å²) in [7, 11) is 5.31. The number of aliphatic hydroxyl groups excluding tert-OH is 1. The van der Waals surface area contributed by atoms with Crippen LogP contribution in [0.15, 0.2) is 42.0 Å². The fourth-order valence-corrected chi connectivity index (χ4v) is 5.13. The molecule has 3 rings (SSSR count). The molecule has 2 aromatic rings. The standard InChI is InChI=1S/C27H33Cl2N3O4/c1-6-31(7-2)19-11-9-17(10-12-19)23-22(25(34)27(35)32(23)14-8-13-30(3)4)24(33)20-15-18(28)16-21(29)26(20)36-5/h9-12,15-16,23,33H,6-8,13-14H2,1-5H3/b24-22+. The summed E-state index contributed by atoms with van der Waals surface area (Å²) in [6, 6.07) is 9.94. The molecule has 1 N–H and O–H groups in total. The molecule has 0 bridgehead atoms. The summed E-state index contributed by atoms with van der Waals surface area (Å²) in [4.78, 5) is 32.3. The molecule has 0 aliphatic carbocycles. The summed E-state index contributed by atoms with van der Waals surface area (Å²) in [5, 5.41) is 11.9. The van der Waals surface area contributed by atoms with Gasteiger partial charge >= 0.3 is 0 Å². The SMILES string of the molecule is CCN(CC)c1ccc(C2/C(=C(\O)c3cc(Cl)cc(Cl)c3OC)C(=O)C(=O)N2CCCN(C)C)cc1. The van der Waals surface area contributed by atoms with E-state index in [0.717, 1.165) is 30.9 Å². The minimum Gasteiger partial charge on any atom is -0.507 e. The molecule has 0 spiro atoms. The molecule has 1 unspecified atom stereocenters. The highest BCUT2D eigenvalue weighted by Crippen LogP contribution is 2.43. The summed E-state index contributed by atoms with van der Waals surface area (Å²) in [5.41, 5.74) is 1.91. The fourth-order valence-electron chi connectivity index (χ4n) is 4.56. The van der Waals surface area contributed by atoms with Crippen LogP contribution in [-0.4, -0.2) is 74.0 Å². The third-order valence-electron chi connectivity index (χ3n) is 6.35. The Kier molecular flexibility index (Phi) is 9.28. The molecular formula is C27H33Cl2N3O4. The Balaban J connectivity index is 2.17. The smallest absolute Gasteiger partial charge is 0.295 e. The number of benzene rings is 2. The van der Waals surface area contributed by atoms with Crippen molar-refractivity contribution in [2.24, 2.45) is 0 Å². The van der Waals surface area contributed by atoms with E-state index < -0.39 is 17.7 Å². The normalized spacial score (nSPS) is 17.2. The summed E-state index contributed by atoms with van der Waals surface area (Å²) in [6.07, 6.45) is 0.667. The highest BCUT2D eigenvalue weighted by Gasteiger charge is 2.46. The molecule has 0 aromatic heterocycles. The zero-order valence-electron chi connectivity index (χ0n) is 21.3. The molecule has 0 radical (unpaired) electrons. The Bertz CT molecular complexity index is 1140. The first kappa shape index (κ1) is 27.8. The van der Waals surface area contributed by atoms with Gasteiger partial charge in [0.05, 0.1) is 29.3 Å². The minimum absolute atomic E-state index is 0.0166. The van der Waals surface area contributed by atoms with E-state index in [0.29, 0.717) is 13.0 Å². The van der Waals surface area contributed by atoms with Crippen LogP contribution in [0.5, 0.6) is 5.75 Å². The third kappa shape index (κ3) is 5.64. The van der Waals surface area contributed by atoms with Gasteiger partial charge in [-0.2, -0.15) is 0 Å². The van der Waals surface area contributed by atoms with Crippen molar-refractivity contribution in [1.82, 2.24) is 9.80 Å².